The number of thiazole rings is 1. The van der Waals surface area contributed by atoms with Gasteiger partial charge in [-0.2, -0.15) is 0 Å². The summed E-state index contributed by atoms with van der Waals surface area (Å²) in [5.41, 5.74) is 7.22. The fraction of sp³-hybridized carbons (Fsp3) is 0.375. The molecule has 1 aliphatic heterocycles. The van der Waals surface area contributed by atoms with Gasteiger partial charge in [0.1, 0.15) is 10.7 Å². The van der Waals surface area contributed by atoms with E-state index in [0.717, 1.165) is 30.9 Å². The van der Waals surface area contributed by atoms with E-state index in [1.165, 1.54) is 17.0 Å². The van der Waals surface area contributed by atoms with Crippen LogP contribution in [0.3, 0.4) is 0 Å². The topological polar surface area (TPSA) is 71.2 Å². The van der Waals surface area contributed by atoms with Crippen molar-refractivity contribution in [1.29, 1.82) is 0 Å². The van der Waals surface area contributed by atoms with Crippen LogP contribution in [-0.2, 0) is 6.54 Å². The Kier molecular flexibility index (Phi) is 8.48. The monoisotopic (exact) mass is 388 g/mol. The van der Waals surface area contributed by atoms with Gasteiger partial charge in [-0.15, -0.1) is 36.2 Å². The number of para-hydroxylation sites is 1. The van der Waals surface area contributed by atoms with Gasteiger partial charge in [-0.3, -0.25) is 4.79 Å². The Labute approximate surface area is 158 Å². The second-order valence-corrected chi connectivity index (χ2v) is 6.37. The molecule has 1 fully saturated rings. The molecule has 0 aliphatic carbocycles. The summed E-state index contributed by atoms with van der Waals surface area (Å²) in [5, 5.41) is 5.66. The maximum Gasteiger partial charge on any atom is 0.271 e. The zero-order valence-corrected chi connectivity index (χ0v) is 15.6. The first-order chi connectivity index (χ1) is 10.8. The molecule has 1 saturated heterocycles. The third kappa shape index (κ3) is 5.08. The van der Waals surface area contributed by atoms with Crippen molar-refractivity contribution in [2.45, 2.75) is 25.4 Å². The quantitative estimate of drug-likeness (QED) is 0.844. The molecule has 1 aromatic heterocycles. The van der Waals surface area contributed by atoms with Crippen LogP contribution in [0.1, 0.15) is 28.3 Å². The highest BCUT2D eigenvalue weighted by molar-refractivity contribution is 7.09. The van der Waals surface area contributed by atoms with E-state index >= 15 is 0 Å². The fourth-order valence-corrected chi connectivity index (χ4v) is 3.39. The first-order valence-electron chi connectivity index (χ1n) is 7.51. The Balaban J connectivity index is 0.00000144. The smallest absolute Gasteiger partial charge is 0.271 e. The van der Waals surface area contributed by atoms with Gasteiger partial charge in [-0.1, -0.05) is 18.2 Å². The van der Waals surface area contributed by atoms with Crippen LogP contribution in [0.4, 0.5) is 5.69 Å². The zero-order chi connectivity index (χ0) is 15.4. The molecule has 3 rings (SSSR count). The molecule has 2 aromatic rings. The summed E-state index contributed by atoms with van der Waals surface area (Å²) in [6.07, 6.45) is 2.08. The van der Waals surface area contributed by atoms with Crippen molar-refractivity contribution in [3.05, 3.63) is 46.4 Å². The van der Waals surface area contributed by atoms with Gasteiger partial charge in [0.2, 0.25) is 0 Å². The molecule has 0 saturated carbocycles. The van der Waals surface area contributed by atoms with Crippen LogP contribution in [0, 0.1) is 0 Å². The molecule has 1 amide bonds. The molecule has 1 atom stereocenters. The Morgan fingerprint density at radius 1 is 1.33 bits per heavy atom. The van der Waals surface area contributed by atoms with Crippen molar-refractivity contribution in [3.8, 4) is 0 Å². The van der Waals surface area contributed by atoms with Gasteiger partial charge in [0.15, 0.2) is 0 Å². The summed E-state index contributed by atoms with van der Waals surface area (Å²) in [7, 11) is 0. The highest BCUT2D eigenvalue weighted by Gasteiger charge is 2.22. The number of hydrogen-bond acceptors (Lipinski definition) is 5. The molecule has 0 bridgehead atoms. The standard InChI is InChI=1S/C16H20N4OS.2ClH/c17-9-15-19-14(11-22-15)16(21)18-12-5-4-8-20(10-12)13-6-2-1-3-7-13;;/h1-3,6-7,11-12H,4-5,8-10,17H2,(H,18,21);2*1H. The summed E-state index contributed by atoms with van der Waals surface area (Å²) in [6.45, 7) is 2.25. The van der Waals surface area contributed by atoms with Crippen molar-refractivity contribution in [2.75, 3.05) is 18.0 Å². The predicted molar refractivity (Wildman–Crippen MR) is 104 cm³/mol. The van der Waals surface area contributed by atoms with Crippen molar-refractivity contribution < 1.29 is 4.79 Å². The number of rotatable bonds is 4. The molecule has 1 aliphatic rings. The zero-order valence-electron chi connectivity index (χ0n) is 13.2. The largest absolute Gasteiger partial charge is 0.369 e. The van der Waals surface area contributed by atoms with E-state index in [4.69, 9.17) is 5.73 Å². The Hall–Kier alpha value is -1.34. The van der Waals surface area contributed by atoms with Crippen LogP contribution in [0.2, 0.25) is 0 Å². The fourth-order valence-electron chi connectivity index (χ4n) is 2.74. The van der Waals surface area contributed by atoms with Gasteiger partial charge in [-0.25, -0.2) is 4.98 Å². The van der Waals surface area contributed by atoms with Crippen LogP contribution >= 0.6 is 36.2 Å². The normalized spacial score (nSPS) is 16.7. The maximum atomic E-state index is 12.3. The SMILES string of the molecule is Cl.Cl.NCc1nc(C(=O)NC2CCCN(c3ccccc3)C2)cs1. The molecule has 24 heavy (non-hydrogen) atoms. The molecule has 1 unspecified atom stereocenters. The van der Waals surface area contributed by atoms with Crippen molar-refractivity contribution >= 4 is 47.7 Å². The van der Waals surface area contributed by atoms with Crippen LogP contribution < -0.4 is 16.0 Å². The van der Waals surface area contributed by atoms with E-state index in [9.17, 15) is 4.79 Å². The van der Waals surface area contributed by atoms with Crippen molar-refractivity contribution in [1.82, 2.24) is 10.3 Å². The number of benzene rings is 1. The summed E-state index contributed by atoms with van der Waals surface area (Å²) in [6, 6.07) is 10.5. The summed E-state index contributed by atoms with van der Waals surface area (Å²) in [4.78, 5) is 18.8. The van der Waals surface area contributed by atoms with E-state index in [2.05, 4.69) is 27.3 Å². The van der Waals surface area contributed by atoms with E-state index in [-0.39, 0.29) is 36.8 Å². The molecule has 132 valence electrons. The lowest BCUT2D eigenvalue weighted by Crippen LogP contribution is -2.47. The number of nitrogens with zero attached hydrogens (tertiary/aromatic N) is 2. The van der Waals surface area contributed by atoms with E-state index in [1.54, 1.807) is 5.38 Å². The second-order valence-electron chi connectivity index (χ2n) is 5.42. The van der Waals surface area contributed by atoms with Gasteiger partial charge < -0.3 is 16.0 Å². The van der Waals surface area contributed by atoms with Crippen LogP contribution in [0.15, 0.2) is 35.7 Å². The highest BCUT2D eigenvalue weighted by atomic mass is 35.5. The number of carbonyl (C=O) groups excluding carboxylic acids is 1. The number of piperidine rings is 1. The molecular formula is C16H22Cl2N4OS. The lowest BCUT2D eigenvalue weighted by atomic mass is 10.0. The highest BCUT2D eigenvalue weighted by Crippen LogP contribution is 2.19. The number of amides is 1. The van der Waals surface area contributed by atoms with Crippen LogP contribution in [0.25, 0.3) is 0 Å². The summed E-state index contributed by atoms with van der Waals surface area (Å²) in [5.74, 6) is -0.101. The lowest BCUT2D eigenvalue weighted by Gasteiger charge is -2.34. The van der Waals surface area contributed by atoms with Gasteiger partial charge in [-0.05, 0) is 25.0 Å². The number of nitrogens with one attached hydrogen (secondary N) is 1. The number of anilines is 1. The van der Waals surface area contributed by atoms with Crippen LogP contribution in [-0.4, -0.2) is 30.0 Å². The Morgan fingerprint density at radius 2 is 2.08 bits per heavy atom. The number of hydrogen-bond donors (Lipinski definition) is 2. The number of halogens is 2. The number of carbonyl (C=O) groups is 1. The van der Waals surface area contributed by atoms with E-state index < -0.39 is 0 Å². The third-order valence-corrected chi connectivity index (χ3v) is 4.71. The van der Waals surface area contributed by atoms with E-state index in [0.29, 0.717) is 12.2 Å². The lowest BCUT2D eigenvalue weighted by molar-refractivity contribution is 0.0928. The predicted octanol–water partition coefficient (Wildman–Crippen LogP) is 2.84. The average Bonchev–Trinajstić information content (AvgIpc) is 3.05. The number of aromatic nitrogens is 1. The van der Waals surface area contributed by atoms with E-state index in [1.807, 2.05) is 18.2 Å². The Morgan fingerprint density at radius 3 is 2.75 bits per heavy atom. The molecule has 0 spiro atoms. The van der Waals surface area contributed by atoms with Gasteiger partial charge in [0.25, 0.3) is 5.91 Å². The molecular weight excluding hydrogens is 367 g/mol. The minimum atomic E-state index is -0.101. The average molecular weight is 389 g/mol. The van der Waals surface area contributed by atoms with Gasteiger partial charge in [0, 0.05) is 36.7 Å². The minimum absolute atomic E-state index is 0. The van der Waals surface area contributed by atoms with Crippen molar-refractivity contribution in [3.63, 3.8) is 0 Å². The molecule has 0 radical (unpaired) electrons. The summed E-state index contributed by atoms with van der Waals surface area (Å²) >= 11 is 1.43. The first-order valence-corrected chi connectivity index (χ1v) is 8.39. The van der Waals surface area contributed by atoms with Gasteiger partial charge in [0.05, 0.1) is 0 Å². The molecule has 5 nitrogen and oxygen atoms in total. The molecule has 3 N–H and O–H groups in total. The first kappa shape index (κ1) is 20.7. The minimum Gasteiger partial charge on any atom is -0.369 e. The maximum absolute atomic E-state index is 12.3. The van der Waals surface area contributed by atoms with Crippen molar-refractivity contribution in [2.24, 2.45) is 5.73 Å². The molecule has 2 heterocycles. The van der Waals surface area contributed by atoms with Crippen LogP contribution in [0.5, 0.6) is 0 Å². The molecule has 1 aromatic carbocycles. The number of nitrogens with two attached hydrogens (primary N) is 1. The van der Waals surface area contributed by atoms with Gasteiger partial charge >= 0.3 is 0 Å². The summed E-state index contributed by atoms with van der Waals surface area (Å²) < 4.78 is 0. The Bertz CT molecular complexity index is 638. The second kappa shape index (κ2) is 9.84. The third-order valence-electron chi connectivity index (χ3n) is 3.84. The molecule has 8 heteroatoms.